The molecule has 1 saturated heterocycles. The first-order valence-electron chi connectivity index (χ1n) is 8.67. The zero-order valence-electron chi connectivity index (χ0n) is 15.2. The van der Waals surface area contributed by atoms with Crippen LogP contribution in [-0.2, 0) is 9.47 Å². The van der Waals surface area contributed by atoms with Crippen LogP contribution in [0.5, 0.6) is 0 Å². The van der Waals surface area contributed by atoms with Crippen LogP contribution >= 0.6 is 12.2 Å². The first-order valence-corrected chi connectivity index (χ1v) is 9.08. The number of carbonyl (C=O) groups is 1. The van der Waals surface area contributed by atoms with Crippen LogP contribution in [0.15, 0.2) is 42.0 Å². The van der Waals surface area contributed by atoms with Gasteiger partial charge in [0.25, 0.3) is 5.17 Å². The molecular formula is C18H23N5O3S. The highest BCUT2D eigenvalue weighted by Crippen LogP contribution is 2.25. The van der Waals surface area contributed by atoms with Gasteiger partial charge in [-0.1, -0.05) is 6.08 Å². The molecule has 1 aromatic carbocycles. The summed E-state index contributed by atoms with van der Waals surface area (Å²) in [6.07, 6.45) is 3.00. The molecule has 0 saturated carbocycles. The third-order valence-corrected chi connectivity index (χ3v) is 4.63. The van der Waals surface area contributed by atoms with E-state index in [0.717, 1.165) is 31.0 Å². The van der Waals surface area contributed by atoms with Crippen molar-refractivity contribution in [2.75, 3.05) is 49.6 Å². The van der Waals surface area contributed by atoms with E-state index in [1.807, 2.05) is 41.7 Å². The van der Waals surface area contributed by atoms with Gasteiger partial charge in [0, 0.05) is 17.9 Å². The summed E-state index contributed by atoms with van der Waals surface area (Å²) in [6.45, 7) is 7.02. The summed E-state index contributed by atoms with van der Waals surface area (Å²) in [6, 6.07) is 7.78. The Kier molecular flexibility index (Phi) is 6.12. The molecule has 0 bridgehead atoms. The summed E-state index contributed by atoms with van der Waals surface area (Å²) in [5.41, 5.74) is 1.82. The fraction of sp³-hybridized carbons (Fsp3) is 0.389. The van der Waals surface area contributed by atoms with Crippen LogP contribution in [0.2, 0.25) is 0 Å². The van der Waals surface area contributed by atoms with Gasteiger partial charge in [-0.15, -0.1) is 6.58 Å². The monoisotopic (exact) mass is 389 g/mol. The summed E-state index contributed by atoms with van der Waals surface area (Å²) < 4.78 is 10.3. The van der Waals surface area contributed by atoms with Crippen LogP contribution < -0.4 is 15.1 Å². The number of hydrogen-bond acceptors (Lipinski definition) is 7. The van der Waals surface area contributed by atoms with Crippen molar-refractivity contribution in [2.45, 2.75) is 6.10 Å². The van der Waals surface area contributed by atoms with Crippen molar-refractivity contribution < 1.29 is 14.3 Å². The minimum atomic E-state index is -0.363. The molecule has 1 amide bonds. The van der Waals surface area contributed by atoms with E-state index in [1.165, 1.54) is 7.11 Å². The maximum absolute atomic E-state index is 12.2. The van der Waals surface area contributed by atoms with E-state index in [0.29, 0.717) is 13.1 Å². The molecule has 0 unspecified atom stereocenters. The van der Waals surface area contributed by atoms with Crippen molar-refractivity contribution in [3.63, 3.8) is 0 Å². The molecule has 0 radical (unpaired) electrons. The Hall–Kier alpha value is -2.81. The van der Waals surface area contributed by atoms with Gasteiger partial charge >= 0.3 is 6.09 Å². The highest BCUT2D eigenvalue weighted by atomic mass is 32.1. The molecule has 2 heterocycles. The maximum Gasteiger partial charge on any atom is 0.414 e. The second kappa shape index (κ2) is 8.72. The predicted octanol–water partition coefficient (Wildman–Crippen LogP) is 1.78. The molecular weight excluding hydrogens is 366 g/mol. The largest absolute Gasteiger partial charge is 0.474 e. The fourth-order valence-electron chi connectivity index (χ4n) is 2.89. The van der Waals surface area contributed by atoms with Gasteiger partial charge in [-0.2, -0.15) is 5.10 Å². The Balaban J connectivity index is 1.59. The Morgan fingerprint density at radius 3 is 2.78 bits per heavy atom. The number of nitrogens with one attached hydrogen (secondary N) is 1. The molecule has 9 heteroatoms. The number of carbonyl (C=O) groups excluding carboxylic acids is 1. The van der Waals surface area contributed by atoms with Gasteiger partial charge in [0.15, 0.2) is 0 Å². The van der Waals surface area contributed by atoms with Crippen LogP contribution in [0.25, 0.3) is 0 Å². The van der Waals surface area contributed by atoms with Gasteiger partial charge in [-0.05, 0) is 36.5 Å². The van der Waals surface area contributed by atoms with Gasteiger partial charge in [-0.3, -0.25) is 9.91 Å². The number of hydrogen-bond donors (Lipinski definition) is 1. The number of thiocarbonyl (C=S) groups is 1. The number of anilines is 2. The standard InChI is InChI=1S/C18H23N5O3S/c1-3-8-22-10-9-21(13-20-22)14-4-6-15(7-5-14)23-12-16(26-18(23)24)11-19-17(27)25-2/h3-7,13,16H,1,8-12H2,2H3,(H,19,27)/t16-/m0/s1. The molecule has 144 valence electrons. The first-order chi connectivity index (χ1) is 13.1. The Bertz CT molecular complexity index is 724. The van der Waals surface area contributed by atoms with Crippen LogP contribution in [0.4, 0.5) is 16.2 Å². The van der Waals surface area contributed by atoms with Crippen molar-refractivity contribution in [2.24, 2.45) is 5.10 Å². The van der Waals surface area contributed by atoms with Crippen LogP contribution in [0.3, 0.4) is 0 Å². The highest BCUT2D eigenvalue weighted by Gasteiger charge is 2.32. The summed E-state index contributed by atoms with van der Waals surface area (Å²) in [5.74, 6) is 0. The minimum Gasteiger partial charge on any atom is -0.474 e. The normalized spacial score (nSPS) is 19.1. The molecule has 1 aromatic rings. The van der Waals surface area contributed by atoms with Crippen molar-refractivity contribution in [1.29, 1.82) is 0 Å². The summed E-state index contributed by atoms with van der Waals surface area (Å²) in [5, 5.41) is 9.54. The summed E-state index contributed by atoms with van der Waals surface area (Å²) in [4.78, 5) is 15.8. The molecule has 27 heavy (non-hydrogen) atoms. The second-order valence-corrected chi connectivity index (χ2v) is 6.50. The Morgan fingerprint density at radius 1 is 1.41 bits per heavy atom. The molecule has 0 aromatic heterocycles. The third-order valence-electron chi connectivity index (χ3n) is 4.32. The van der Waals surface area contributed by atoms with Crippen LogP contribution in [-0.4, -0.2) is 68.6 Å². The smallest absolute Gasteiger partial charge is 0.414 e. The Labute approximate surface area is 164 Å². The number of hydrazone groups is 1. The van der Waals surface area contributed by atoms with E-state index < -0.39 is 0 Å². The number of rotatable bonds is 6. The van der Waals surface area contributed by atoms with Gasteiger partial charge in [0.05, 0.1) is 33.3 Å². The molecule has 1 N–H and O–H groups in total. The van der Waals surface area contributed by atoms with E-state index in [9.17, 15) is 4.79 Å². The number of ether oxygens (including phenoxy) is 2. The lowest BCUT2D eigenvalue weighted by Crippen LogP contribution is -2.37. The lowest BCUT2D eigenvalue weighted by molar-refractivity contribution is 0.142. The molecule has 1 atom stereocenters. The van der Waals surface area contributed by atoms with E-state index in [1.54, 1.807) is 4.90 Å². The Morgan fingerprint density at radius 2 is 2.15 bits per heavy atom. The molecule has 2 aliphatic rings. The number of methoxy groups -OCH3 is 1. The number of amides is 1. The molecule has 0 spiro atoms. The van der Waals surface area contributed by atoms with E-state index in [4.69, 9.17) is 21.7 Å². The second-order valence-electron chi connectivity index (χ2n) is 6.13. The zero-order valence-corrected chi connectivity index (χ0v) is 16.0. The lowest BCUT2D eigenvalue weighted by atomic mass is 10.2. The molecule has 3 rings (SSSR count). The number of benzene rings is 1. The highest BCUT2D eigenvalue weighted by molar-refractivity contribution is 7.80. The van der Waals surface area contributed by atoms with Crippen molar-refractivity contribution in [3.05, 3.63) is 36.9 Å². The quantitative estimate of drug-likeness (QED) is 0.587. The maximum atomic E-state index is 12.2. The van der Waals surface area contributed by atoms with Gasteiger partial charge in [0.1, 0.15) is 12.4 Å². The molecule has 8 nitrogen and oxygen atoms in total. The third kappa shape index (κ3) is 4.68. The van der Waals surface area contributed by atoms with Gasteiger partial charge < -0.3 is 19.7 Å². The predicted molar refractivity (Wildman–Crippen MR) is 109 cm³/mol. The van der Waals surface area contributed by atoms with Crippen molar-refractivity contribution >= 4 is 41.2 Å². The van der Waals surface area contributed by atoms with Crippen molar-refractivity contribution in [1.82, 2.24) is 10.3 Å². The molecule has 0 aliphatic carbocycles. The van der Waals surface area contributed by atoms with Gasteiger partial charge in [0.2, 0.25) is 0 Å². The SMILES string of the molecule is C=CCN1CCN(c2ccc(N3C[C@H](CNC(=S)OC)OC3=O)cc2)C=N1. The first kappa shape index (κ1) is 19.0. The average Bonchev–Trinajstić information content (AvgIpc) is 3.08. The van der Waals surface area contributed by atoms with E-state index >= 15 is 0 Å². The zero-order chi connectivity index (χ0) is 19.2. The van der Waals surface area contributed by atoms with Crippen LogP contribution in [0.1, 0.15) is 0 Å². The minimum absolute atomic E-state index is 0.281. The summed E-state index contributed by atoms with van der Waals surface area (Å²) in [7, 11) is 1.49. The topological polar surface area (TPSA) is 69.6 Å². The van der Waals surface area contributed by atoms with E-state index in [2.05, 4.69) is 21.9 Å². The average molecular weight is 389 g/mol. The van der Waals surface area contributed by atoms with Crippen LogP contribution in [0, 0.1) is 0 Å². The van der Waals surface area contributed by atoms with Gasteiger partial charge in [-0.25, -0.2) is 4.79 Å². The van der Waals surface area contributed by atoms with Crippen molar-refractivity contribution in [3.8, 4) is 0 Å². The summed E-state index contributed by atoms with van der Waals surface area (Å²) >= 11 is 4.93. The number of nitrogens with zero attached hydrogens (tertiary/aromatic N) is 4. The van der Waals surface area contributed by atoms with E-state index in [-0.39, 0.29) is 17.4 Å². The number of cyclic esters (lactones) is 1. The lowest BCUT2D eigenvalue weighted by Gasteiger charge is -2.29. The fourth-order valence-corrected chi connectivity index (χ4v) is 2.97. The molecule has 2 aliphatic heterocycles. The molecule has 1 fully saturated rings.